The first-order valence-electron chi connectivity index (χ1n) is 8.57. The molecule has 6 heteroatoms. The van der Waals surface area contributed by atoms with Crippen LogP contribution < -0.4 is 10.6 Å². The molecule has 0 aliphatic rings. The van der Waals surface area contributed by atoms with Gasteiger partial charge in [0, 0.05) is 12.6 Å². The summed E-state index contributed by atoms with van der Waals surface area (Å²) < 4.78 is 0. The van der Waals surface area contributed by atoms with Gasteiger partial charge in [0.15, 0.2) is 6.29 Å². The number of rotatable bonds is 6. The minimum Gasteiger partial charge on any atom is -0.373 e. The molecule has 2 aromatic rings. The Morgan fingerprint density at radius 3 is 2.33 bits per heavy atom. The van der Waals surface area contributed by atoms with Crippen molar-refractivity contribution >= 4 is 23.7 Å². The minimum absolute atomic E-state index is 0.00144. The molecule has 0 unspecified atom stereocenters. The topological polar surface area (TPSA) is 94.9 Å². The van der Waals surface area contributed by atoms with Crippen molar-refractivity contribution < 1.29 is 9.59 Å². The third-order valence-corrected chi connectivity index (χ3v) is 3.98. The lowest BCUT2D eigenvalue weighted by Crippen LogP contribution is -2.24. The van der Waals surface area contributed by atoms with Crippen LogP contribution in [0.2, 0.25) is 0 Å². The Morgan fingerprint density at radius 2 is 1.78 bits per heavy atom. The van der Waals surface area contributed by atoms with Gasteiger partial charge in [-0.25, -0.2) is 4.98 Å². The summed E-state index contributed by atoms with van der Waals surface area (Å²) >= 11 is 0. The van der Waals surface area contributed by atoms with Gasteiger partial charge in [-0.05, 0) is 41.3 Å². The predicted octanol–water partition coefficient (Wildman–Crippen LogP) is 3.30. The summed E-state index contributed by atoms with van der Waals surface area (Å²) in [6.07, 6.45) is 1.80. The van der Waals surface area contributed by atoms with Gasteiger partial charge in [0.05, 0.1) is 17.1 Å². The Kier molecular flexibility index (Phi) is 6.23. The van der Waals surface area contributed by atoms with Crippen LogP contribution in [0.25, 0.3) is 0 Å². The Morgan fingerprint density at radius 1 is 1.11 bits per heavy atom. The number of benzene rings is 1. The average Bonchev–Trinajstić information content (AvgIpc) is 2.66. The molecule has 0 saturated heterocycles. The maximum atomic E-state index is 12.4. The standard InChI is InChI=1S/C21H24N4O2/c1-21(2,3)15-10-8-14(9-11-15)20(27)24-16(13-26)12-17(22)18-6-5-7-19(23-4)25-18/h5-13,22H,1-4H3,(H,23,25)(H,24,27)/b16-12+,22-17?. The maximum absolute atomic E-state index is 12.4. The fourth-order valence-corrected chi connectivity index (χ4v) is 2.38. The average molecular weight is 364 g/mol. The number of pyridine rings is 1. The number of carbonyl (C=O) groups is 2. The molecule has 0 bridgehead atoms. The van der Waals surface area contributed by atoms with E-state index in [1.165, 1.54) is 6.08 Å². The number of anilines is 1. The van der Waals surface area contributed by atoms with E-state index < -0.39 is 5.91 Å². The monoisotopic (exact) mass is 364 g/mol. The van der Waals surface area contributed by atoms with Gasteiger partial charge in [-0.15, -0.1) is 0 Å². The molecular formula is C21H24N4O2. The van der Waals surface area contributed by atoms with E-state index in [0.717, 1.165) is 5.56 Å². The predicted molar refractivity (Wildman–Crippen MR) is 107 cm³/mol. The molecule has 0 radical (unpaired) electrons. The van der Waals surface area contributed by atoms with Crippen molar-refractivity contribution in [3.8, 4) is 0 Å². The Hall–Kier alpha value is -3.28. The number of allylic oxidation sites excluding steroid dienone is 2. The van der Waals surface area contributed by atoms with Gasteiger partial charge in [0.2, 0.25) is 0 Å². The van der Waals surface area contributed by atoms with E-state index in [-0.39, 0.29) is 16.8 Å². The molecule has 0 saturated carbocycles. The zero-order valence-electron chi connectivity index (χ0n) is 16.0. The van der Waals surface area contributed by atoms with Gasteiger partial charge < -0.3 is 10.6 Å². The van der Waals surface area contributed by atoms with Gasteiger partial charge in [-0.2, -0.15) is 0 Å². The van der Waals surface area contributed by atoms with Gasteiger partial charge >= 0.3 is 0 Å². The van der Waals surface area contributed by atoms with Crippen molar-refractivity contribution in [2.24, 2.45) is 0 Å². The highest BCUT2D eigenvalue weighted by Gasteiger charge is 2.15. The maximum Gasteiger partial charge on any atom is 0.255 e. The van der Waals surface area contributed by atoms with Crippen LogP contribution in [0.15, 0.2) is 54.2 Å². The Balaban J connectivity index is 2.15. The van der Waals surface area contributed by atoms with Gasteiger partial charge in [0.1, 0.15) is 5.82 Å². The molecule has 1 heterocycles. The van der Waals surface area contributed by atoms with Crippen molar-refractivity contribution in [3.63, 3.8) is 0 Å². The van der Waals surface area contributed by atoms with Crippen molar-refractivity contribution in [3.05, 3.63) is 71.1 Å². The highest BCUT2D eigenvalue weighted by molar-refractivity contribution is 6.09. The van der Waals surface area contributed by atoms with Crippen LogP contribution in [0.1, 0.15) is 42.4 Å². The van der Waals surface area contributed by atoms with Crippen molar-refractivity contribution in [2.45, 2.75) is 26.2 Å². The summed E-state index contributed by atoms with van der Waals surface area (Å²) in [6.45, 7) is 6.29. The first-order chi connectivity index (χ1) is 12.7. The zero-order chi connectivity index (χ0) is 20.0. The van der Waals surface area contributed by atoms with E-state index in [1.54, 1.807) is 37.4 Å². The third kappa shape index (κ3) is 5.34. The molecule has 0 aliphatic carbocycles. The molecule has 2 rings (SSSR count). The van der Waals surface area contributed by atoms with Crippen LogP contribution in [0.3, 0.4) is 0 Å². The minimum atomic E-state index is -0.404. The largest absolute Gasteiger partial charge is 0.373 e. The first-order valence-corrected chi connectivity index (χ1v) is 8.57. The van der Waals surface area contributed by atoms with Gasteiger partial charge in [-0.1, -0.05) is 39.0 Å². The van der Waals surface area contributed by atoms with E-state index in [2.05, 4.69) is 36.4 Å². The van der Waals surface area contributed by atoms with Crippen molar-refractivity contribution in [2.75, 3.05) is 12.4 Å². The molecule has 6 nitrogen and oxygen atoms in total. The van der Waals surface area contributed by atoms with Gasteiger partial charge in [0.25, 0.3) is 5.91 Å². The molecule has 3 N–H and O–H groups in total. The zero-order valence-corrected chi connectivity index (χ0v) is 16.0. The van der Waals surface area contributed by atoms with E-state index >= 15 is 0 Å². The number of aldehydes is 1. The molecule has 0 fully saturated rings. The summed E-state index contributed by atoms with van der Waals surface area (Å²) in [6, 6.07) is 12.4. The number of nitrogens with one attached hydrogen (secondary N) is 3. The number of nitrogens with zero attached hydrogens (tertiary/aromatic N) is 1. The molecule has 0 spiro atoms. The molecule has 1 amide bonds. The second-order valence-corrected chi connectivity index (χ2v) is 7.07. The lowest BCUT2D eigenvalue weighted by molar-refractivity contribution is -0.105. The number of hydrogen-bond donors (Lipinski definition) is 3. The molecule has 0 aliphatic heterocycles. The summed E-state index contributed by atoms with van der Waals surface area (Å²) in [5, 5.41) is 13.5. The number of hydrogen-bond acceptors (Lipinski definition) is 5. The fourth-order valence-electron chi connectivity index (χ4n) is 2.38. The highest BCUT2D eigenvalue weighted by atomic mass is 16.2. The molecular weight excluding hydrogens is 340 g/mol. The second kappa shape index (κ2) is 8.40. The molecule has 140 valence electrons. The quantitative estimate of drug-likeness (QED) is 0.416. The van der Waals surface area contributed by atoms with Crippen molar-refractivity contribution in [1.82, 2.24) is 10.3 Å². The van der Waals surface area contributed by atoms with E-state index in [4.69, 9.17) is 5.41 Å². The lowest BCUT2D eigenvalue weighted by Gasteiger charge is -2.19. The molecule has 27 heavy (non-hydrogen) atoms. The highest BCUT2D eigenvalue weighted by Crippen LogP contribution is 2.22. The van der Waals surface area contributed by atoms with Crippen LogP contribution in [-0.4, -0.2) is 29.9 Å². The van der Waals surface area contributed by atoms with Crippen molar-refractivity contribution in [1.29, 1.82) is 5.41 Å². The van der Waals surface area contributed by atoms with Crippen LogP contribution in [-0.2, 0) is 10.2 Å². The number of carbonyl (C=O) groups excluding carboxylic acids is 2. The molecule has 1 aromatic heterocycles. The summed E-state index contributed by atoms with van der Waals surface area (Å²) in [7, 11) is 1.73. The number of aromatic nitrogens is 1. The smallest absolute Gasteiger partial charge is 0.255 e. The van der Waals surface area contributed by atoms with Crippen LogP contribution in [0, 0.1) is 5.41 Å². The van der Waals surface area contributed by atoms with Crippen LogP contribution >= 0.6 is 0 Å². The SMILES string of the molecule is CNc1cccc(C(=N)/C=C(\C=O)NC(=O)c2ccc(C(C)(C)C)cc2)n1. The molecule has 0 atom stereocenters. The van der Waals surface area contributed by atoms with Gasteiger partial charge in [-0.3, -0.25) is 15.0 Å². The van der Waals surface area contributed by atoms with Crippen LogP contribution in [0.4, 0.5) is 5.82 Å². The first kappa shape index (κ1) is 20.0. The lowest BCUT2D eigenvalue weighted by atomic mass is 9.87. The molecule has 1 aromatic carbocycles. The Labute approximate surface area is 159 Å². The third-order valence-electron chi connectivity index (χ3n) is 3.98. The van der Waals surface area contributed by atoms with E-state index in [1.807, 2.05) is 12.1 Å². The second-order valence-electron chi connectivity index (χ2n) is 7.07. The summed E-state index contributed by atoms with van der Waals surface area (Å²) in [4.78, 5) is 28.0. The van der Waals surface area contributed by atoms with Crippen LogP contribution in [0.5, 0.6) is 0 Å². The Bertz CT molecular complexity index is 878. The van der Waals surface area contributed by atoms with E-state index in [0.29, 0.717) is 23.4 Å². The summed E-state index contributed by atoms with van der Waals surface area (Å²) in [5.41, 5.74) is 1.97. The fraction of sp³-hybridized carbons (Fsp3) is 0.238. The normalized spacial score (nSPS) is 11.6. The summed E-state index contributed by atoms with van der Waals surface area (Å²) in [5.74, 6) is 0.208. The van der Waals surface area contributed by atoms with E-state index in [9.17, 15) is 9.59 Å². The number of amides is 1.